The summed E-state index contributed by atoms with van der Waals surface area (Å²) in [7, 11) is -1.61. The van der Waals surface area contributed by atoms with Crippen molar-refractivity contribution < 1.29 is 28.4 Å². The molecule has 2 heterocycles. The number of para-hydroxylation sites is 1. The second-order valence-corrected chi connectivity index (χ2v) is 8.55. The SMILES string of the molecule is CC1(C)[C@H](C(=O)O)N2C(=O)[C@@H](NC(=O)COc3ccccc3)[C@H]2S1=O. The van der Waals surface area contributed by atoms with Gasteiger partial charge in [0.25, 0.3) is 5.91 Å². The predicted molar refractivity (Wildman–Crippen MR) is 88.1 cm³/mol. The van der Waals surface area contributed by atoms with Crippen molar-refractivity contribution >= 4 is 28.6 Å². The molecule has 2 N–H and O–H groups in total. The Morgan fingerprint density at radius 2 is 1.96 bits per heavy atom. The molecule has 4 atom stereocenters. The maximum Gasteiger partial charge on any atom is 0.328 e. The van der Waals surface area contributed by atoms with Gasteiger partial charge in [0, 0.05) is 0 Å². The fraction of sp³-hybridized carbons (Fsp3) is 0.438. The summed E-state index contributed by atoms with van der Waals surface area (Å²) in [5, 5.41) is 11.0. The van der Waals surface area contributed by atoms with Crippen LogP contribution in [0.25, 0.3) is 0 Å². The summed E-state index contributed by atoms with van der Waals surface area (Å²) < 4.78 is 16.8. The number of carbonyl (C=O) groups excluding carboxylic acids is 2. The van der Waals surface area contributed by atoms with Crippen molar-refractivity contribution in [2.45, 2.75) is 36.1 Å². The highest BCUT2D eigenvalue weighted by molar-refractivity contribution is 7.87. The second kappa shape index (κ2) is 6.14. The highest BCUT2D eigenvalue weighted by Crippen LogP contribution is 2.43. The van der Waals surface area contributed by atoms with Gasteiger partial charge >= 0.3 is 5.97 Å². The van der Waals surface area contributed by atoms with Gasteiger partial charge in [0.15, 0.2) is 6.61 Å². The molecule has 2 aliphatic rings. The summed E-state index contributed by atoms with van der Waals surface area (Å²) in [6.07, 6.45) is 0. The number of hydrogen-bond acceptors (Lipinski definition) is 5. The first-order valence-corrected chi connectivity index (χ1v) is 8.89. The Hall–Kier alpha value is -2.42. The third-order valence-corrected chi connectivity index (χ3v) is 6.62. The van der Waals surface area contributed by atoms with E-state index in [0.717, 1.165) is 4.90 Å². The molecule has 1 unspecified atom stereocenters. The molecule has 0 spiro atoms. The van der Waals surface area contributed by atoms with Crippen molar-refractivity contribution in [3.05, 3.63) is 30.3 Å². The molecule has 2 saturated heterocycles. The van der Waals surface area contributed by atoms with Crippen molar-refractivity contribution in [3.8, 4) is 5.75 Å². The number of hydrogen-bond donors (Lipinski definition) is 2. The van der Waals surface area contributed by atoms with E-state index in [1.807, 2.05) is 6.07 Å². The number of rotatable bonds is 5. The molecule has 2 fully saturated rings. The predicted octanol–water partition coefficient (Wildman–Crippen LogP) is -0.287. The highest BCUT2D eigenvalue weighted by atomic mass is 32.2. The summed E-state index contributed by atoms with van der Waals surface area (Å²) in [4.78, 5) is 36.8. The van der Waals surface area contributed by atoms with Gasteiger partial charge in [-0.3, -0.25) is 13.8 Å². The Labute approximate surface area is 146 Å². The monoisotopic (exact) mass is 366 g/mol. The average Bonchev–Trinajstić information content (AvgIpc) is 2.76. The van der Waals surface area contributed by atoms with E-state index in [-0.39, 0.29) is 6.61 Å². The van der Waals surface area contributed by atoms with Gasteiger partial charge in [-0.15, -0.1) is 0 Å². The zero-order valence-corrected chi connectivity index (χ0v) is 14.5. The van der Waals surface area contributed by atoms with E-state index in [4.69, 9.17) is 4.74 Å². The number of fused-ring (bicyclic) bond motifs is 1. The van der Waals surface area contributed by atoms with Crippen molar-refractivity contribution in [2.75, 3.05) is 6.61 Å². The first-order chi connectivity index (χ1) is 11.7. The lowest BCUT2D eigenvalue weighted by Crippen LogP contribution is -2.71. The van der Waals surface area contributed by atoms with Crippen molar-refractivity contribution in [2.24, 2.45) is 0 Å². The van der Waals surface area contributed by atoms with Crippen molar-refractivity contribution in [3.63, 3.8) is 0 Å². The first kappa shape index (κ1) is 17.4. The van der Waals surface area contributed by atoms with Gasteiger partial charge in [0.05, 0.1) is 15.5 Å². The number of ether oxygens (including phenoxy) is 1. The van der Waals surface area contributed by atoms with E-state index in [1.54, 1.807) is 38.1 Å². The fourth-order valence-corrected chi connectivity index (χ4v) is 5.09. The number of nitrogens with zero attached hydrogens (tertiary/aromatic N) is 1. The van der Waals surface area contributed by atoms with Gasteiger partial charge in [0.1, 0.15) is 23.2 Å². The van der Waals surface area contributed by atoms with Crippen LogP contribution in [0.1, 0.15) is 13.8 Å². The summed E-state index contributed by atoms with van der Waals surface area (Å²) in [5.74, 6) is -1.76. The molecule has 0 bridgehead atoms. The molecular weight excluding hydrogens is 348 g/mol. The average molecular weight is 366 g/mol. The number of benzene rings is 1. The molecule has 2 aliphatic heterocycles. The molecule has 9 heteroatoms. The van der Waals surface area contributed by atoms with Crippen LogP contribution in [-0.4, -0.2) is 60.8 Å². The van der Waals surface area contributed by atoms with Crippen molar-refractivity contribution in [1.29, 1.82) is 0 Å². The molecular formula is C16H18N2O6S. The number of carboxylic acid groups (broad SMARTS) is 1. The van der Waals surface area contributed by atoms with Gasteiger partial charge in [-0.25, -0.2) is 4.79 Å². The third-order valence-electron chi connectivity index (χ3n) is 4.42. The van der Waals surface area contributed by atoms with E-state index in [9.17, 15) is 23.7 Å². The van der Waals surface area contributed by atoms with Crippen LogP contribution in [0.15, 0.2) is 30.3 Å². The maximum atomic E-state index is 12.6. The zero-order valence-electron chi connectivity index (χ0n) is 13.7. The minimum atomic E-state index is -1.61. The van der Waals surface area contributed by atoms with Gasteiger partial charge in [-0.2, -0.15) is 0 Å². The number of aliphatic carboxylic acids is 1. The quantitative estimate of drug-likeness (QED) is 0.693. The van der Waals surface area contributed by atoms with Gasteiger partial charge < -0.3 is 20.1 Å². The molecule has 0 radical (unpaired) electrons. The van der Waals surface area contributed by atoms with Gasteiger partial charge in [0.2, 0.25) is 5.91 Å². The zero-order chi connectivity index (χ0) is 18.4. The number of β-lactam (4-membered cyclic amide) rings is 1. The Bertz CT molecular complexity index is 750. The number of amides is 2. The smallest absolute Gasteiger partial charge is 0.328 e. The lowest BCUT2D eigenvalue weighted by Gasteiger charge is -2.42. The highest BCUT2D eigenvalue weighted by Gasteiger charge is 2.68. The second-order valence-electron chi connectivity index (χ2n) is 6.42. The number of carbonyl (C=O) groups is 3. The van der Waals surface area contributed by atoms with Crippen LogP contribution >= 0.6 is 0 Å². The van der Waals surface area contributed by atoms with Crippen LogP contribution in [0, 0.1) is 0 Å². The van der Waals surface area contributed by atoms with E-state index in [1.165, 1.54) is 0 Å². The Balaban J connectivity index is 1.65. The minimum Gasteiger partial charge on any atom is -0.484 e. The summed E-state index contributed by atoms with van der Waals surface area (Å²) in [6, 6.07) is 6.55. The van der Waals surface area contributed by atoms with Crippen LogP contribution in [0.4, 0.5) is 0 Å². The standard InChI is InChI=1S/C16H18N2O6S/c1-16(2)12(15(21)22)18-13(20)11(14(18)25(16)23)17-10(19)8-24-9-6-4-3-5-7-9/h3-7,11-12,14H,8H2,1-2H3,(H,17,19)(H,21,22)/t11-,12+,14-,25?/m1/s1. The Morgan fingerprint density at radius 3 is 2.56 bits per heavy atom. The normalized spacial score (nSPS) is 29.5. The van der Waals surface area contributed by atoms with Crippen LogP contribution in [-0.2, 0) is 25.2 Å². The molecule has 0 aromatic heterocycles. The number of carboxylic acids is 1. The lowest BCUT2D eigenvalue weighted by atomic mass is 9.96. The molecule has 1 aromatic carbocycles. The summed E-state index contributed by atoms with van der Waals surface area (Å²) >= 11 is 0. The van der Waals surface area contributed by atoms with Crippen molar-refractivity contribution in [1.82, 2.24) is 10.2 Å². The molecule has 25 heavy (non-hydrogen) atoms. The molecule has 8 nitrogen and oxygen atoms in total. The van der Waals surface area contributed by atoms with E-state index < -0.39 is 50.8 Å². The van der Waals surface area contributed by atoms with Crippen LogP contribution in [0.2, 0.25) is 0 Å². The van der Waals surface area contributed by atoms with Gasteiger partial charge in [-0.1, -0.05) is 18.2 Å². The molecule has 0 aliphatic carbocycles. The maximum absolute atomic E-state index is 12.6. The van der Waals surface area contributed by atoms with Crippen LogP contribution < -0.4 is 10.1 Å². The van der Waals surface area contributed by atoms with Crippen LogP contribution in [0.5, 0.6) is 5.75 Å². The van der Waals surface area contributed by atoms with Crippen LogP contribution in [0.3, 0.4) is 0 Å². The number of nitrogens with one attached hydrogen (secondary N) is 1. The Morgan fingerprint density at radius 1 is 1.32 bits per heavy atom. The fourth-order valence-electron chi connectivity index (χ4n) is 3.17. The third kappa shape index (κ3) is 2.78. The largest absolute Gasteiger partial charge is 0.484 e. The molecule has 134 valence electrons. The minimum absolute atomic E-state index is 0.293. The first-order valence-electron chi connectivity index (χ1n) is 7.68. The van der Waals surface area contributed by atoms with E-state index in [2.05, 4.69) is 5.32 Å². The van der Waals surface area contributed by atoms with E-state index >= 15 is 0 Å². The lowest BCUT2D eigenvalue weighted by molar-refractivity contribution is -0.161. The topological polar surface area (TPSA) is 113 Å². The summed E-state index contributed by atoms with van der Waals surface area (Å²) in [6.45, 7) is 2.80. The Kier molecular flexibility index (Phi) is 4.28. The summed E-state index contributed by atoms with van der Waals surface area (Å²) in [5.41, 5.74) is 0. The van der Waals surface area contributed by atoms with Gasteiger partial charge in [-0.05, 0) is 26.0 Å². The van der Waals surface area contributed by atoms with E-state index in [0.29, 0.717) is 5.75 Å². The molecule has 0 saturated carbocycles. The molecule has 2 amide bonds. The molecule has 1 aromatic rings. The molecule has 3 rings (SSSR count).